The number of fused-ring (bicyclic) bond motifs is 1. The fourth-order valence-corrected chi connectivity index (χ4v) is 3.56. The van der Waals surface area contributed by atoms with Crippen molar-refractivity contribution < 1.29 is 19.4 Å². The second-order valence-corrected chi connectivity index (χ2v) is 7.46. The fourth-order valence-electron chi connectivity index (χ4n) is 3.05. The predicted molar refractivity (Wildman–Crippen MR) is 119 cm³/mol. The third kappa shape index (κ3) is 5.14. The zero-order valence-electron chi connectivity index (χ0n) is 17.0. The van der Waals surface area contributed by atoms with Gasteiger partial charge in [-0.05, 0) is 78.2 Å². The summed E-state index contributed by atoms with van der Waals surface area (Å²) in [6.07, 6.45) is 0. The second kappa shape index (κ2) is 9.68. The molecule has 9 heteroatoms. The Morgan fingerprint density at radius 1 is 1.03 bits per heavy atom. The van der Waals surface area contributed by atoms with E-state index in [0.29, 0.717) is 11.4 Å². The summed E-state index contributed by atoms with van der Waals surface area (Å²) in [5.41, 5.74) is 4.70. The van der Waals surface area contributed by atoms with E-state index in [1.807, 2.05) is 57.3 Å². The van der Waals surface area contributed by atoms with Crippen molar-refractivity contribution >= 4 is 51.5 Å². The number of carbonyl (C=O) groups is 1. The SMILES string of the molecule is CNc1ccc(N=Nc2cc3c(C)cc(SOOO)cc3cc2C)c(NC(C)=O)c1. The normalized spacial score (nSPS) is 11.2. The summed E-state index contributed by atoms with van der Waals surface area (Å²) < 4.78 is 4.52. The van der Waals surface area contributed by atoms with Crippen molar-refractivity contribution in [1.82, 2.24) is 0 Å². The largest absolute Gasteiger partial charge is 0.388 e. The molecule has 0 heterocycles. The summed E-state index contributed by atoms with van der Waals surface area (Å²) in [6.45, 7) is 5.39. The van der Waals surface area contributed by atoms with Crippen LogP contribution in [0.5, 0.6) is 0 Å². The molecule has 0 saturated heterocycles. The monoisotopic (exact) mass is 426 g/mol. The smallest absolute Gasteiger partial charge is 0.221 e. The Bertz CT molecular complexity index is 1120. The Morgan fingerprint density at radius 2 is 1.80 bits per heavy atom. The molecule has 0 spiro atoms. The standard InChI is InChI=1S/C21H22N4O4S/c1-12-8-17(30-29-28-27)9-15-7-13(2)20(11-18(12)15)25-24-19-6-5-16(22-4)10-21(19)23-14(3)26/h5-11,22,27H,1-4H3,(H,23,26). The lowest BCUT2D eigenvalue weighted by atomic mass is 10.0. The summed E-state index contributed by atoms with van der Waals surface area (Å²) in [4.78, 5) is 12.3. The number of azo groups is 1. The molecule has 0 aromatic heterocycles. The highest BCUT2D eigenvalue weighted by atomic mass is 32.2. The molecule has 8 nitrogen and oxygen atoms in total. The first-order valence-corrected chi connectivity index (χ1v) is 9.86. The highest BCUT2D eigenvalue weighted by Gasteiger charge is 2.09. The molecule has 1 amide bonds. The van der Waals surface area contributed by atoms with Crippen molar-refractivity contribution in [3.05, 3.63) is 53.6 Å². The third-order valence-corrected chi connectivity index (χ3v) is 5.03. The van der Waals surface area contributed by atoms with Crippen LogP contribution in [0.3, 0.4) is 0 Å². The van der Waals surface area contributed by atoms with Crippen molar-refractivity contribution in [1.29, 1.82) is 0 Å². The maximum Gasteiger partial charge on any atom is 0.221 e. The molecule has 0 unspecified atom stereocenters. The minimum atomic E-state index is -0.179. The molecule has 3 aromatic rings. The minimum Gasteiger partial charge on any atom is -0.388 e. The zero-order chi connectivity index (χ0) is 21.7. The van der Waals surface area contributed by atoms with Crippen LogP contribution >= 0.6 is 12.0 Å². The molecular formula is C21H22N4O4S. The summed E-state index contributed by atoms with van der Waals surface area (Å²) in [6, 6.07) is 13.3. The molecule has 3 rings (SSSR count). The molecule has 0 saturated carbocycles. The van der Waals surface area contributed by atoms with Gasteiger partial charge in [0.25, 0.3) is 0 Å². The number of benzene rings is 3. The van der Waals surface area contributed by atoms with E-state index in [1.54, 1.807) is 6.07 Å². The van der Waals surface area contributed by atoms with Gasteiger partial charge in [-0.15, -0.1) is 9.45 Å². The summed E-state index contributed by atoms with van der Waals surface area (Å²) in [7, 11) is 1.81. The molecule has 156 valence electrons. The van der Waals surface area contributed by atoms with Crippen molar-refractivity contribution in [3.63, 3.8) is 0 Å². The Labute approximate surface area is 178 Å². The van der Waals surface area contributed by atoms with Crippen LogP contribution in [0.2, 0.25) is 0 Å². The van der Waals surface area contributed by atoms with Crippen LogP contribution in [0, 0.1) is 13.8 Å². The van der Waals surface area contributed by atoms with E-state index in [9.17, 15) is 4.79 Å². The van der Waals surface area contributed by atoms with Crippen LogP contribution in [0.1, 0.15) is 18.1 Å². The van der Waals surface area contributed by atoms with Gasteiger partial charge in [0.1, 0.15) is 5.69 Å². The van der Waals surface area contributed by atoms with Crippen LogP contribution in [0.25, 0.3) is 10.8 Å². The zero-order valence-corrected chi connectivity index (χ0v) is 17.8. The van der Waals surface area contributed by atoms with Gasteiger partial charge >= 0.3 is 0 Å². The number of carbonyl (C=O) groups excluding carboxylic acids is 1. The van der Waals surface area contributed by atoms with Crippen molar-refractivity contribution in [3.8, 4) is 0 Å². The Balaban J connectivity index is 1.97. The lowest BCUT2D eigenvalue weighted by Gasteiger charge is -2.10. The van der Waals surface area contributed by atoms with E-state index in [2.05, 4.69) is 30.2 Å². The first-order chi connectivity index (χ1) is 14.4. The molecule has 0 fully saturated rings. The third-order valence-electron chi connectivity index (χ3n) is 4.47. The highest BCUT2D eigenvalue weighted by molar-refractivity contribution is 7.94. The molecule has 0 aliphatic heterocycles. The van der Waals surface area contributed by atoms with Gasteiger partial charge in [0.05, 0.1) is 23.4 Å². The predicted octanol–water partition coefficient (Wildman–Crippen LogP) is 6.30. The Morgan fingerprint density at radius 3 is 2.50 bits per heavy atom. The van der Waals surface area contributed by atoms with Gasteiger partial charge in [0, 0.05) is 24.6 Å². The van der Waals surface area contributed by atoms with E-state index in [1.165, 1.54) is 6.92 Å². The maximum atomic E-state index is 11.5. The number of hydrogen-bond acceptors (Lipinski definition) is 8. The van der Waals surface area contributed by atoms with Crippen LogP contribution < -0.4 is 10.6 Å². The fraction of sp³-hybridized carbons (Fsp3) is 0.190. The van der Waals surface area contributed by atoms with E-state index in [-0.39, 0.29) is 5.91 Å². The first kappa shape index (κ1) is 21.7. The summed E-state index contributed by atoms with van der Waals surface area (Å²) in [5.74, 6) is -0.179. The van der Waals surface area contributed by atoms with E-state index in [4.69, 9.17) is 5.26 Å². The van der Waals surface area contributed by atoms with Crippen LogP contribution in [0.4, 0.5) is 22.7 Å². The first-order valence-electron chi connectivity index (χ1n) is 9.12. The number of aryl methyl sites for hydroxylation is 2. The molecule has 0 radical (unpaired) electrons. The van der Waals surface area contributed by atoms with Crippen LogP contribution in [-0.4, -0.2) is 18.2 Å². The quantitative estimate of drug-likeness (QED) is 0.177. The topological polar surface area (TPSA) is 105 Å². The number of amides is 1. The number of nitrogens with one attached hydrogen (secondary N) is 2. The summed E-state index contributed by atoms with van der Waals surface area (Å²) >= 11 is 0.923. The lowest BCUT2D eigenvalue weighted by Crippen LogP contribution is -2.06. The highest BCUT2D eigenvalue weighted by Crippen LogP contribution is 2.34. The van der Waals surface area contributed by atoms with Gasteiger partial charge in [0.2, 0.25) is 5.91 Å². The van der Waals surface area contributed by atoms with Gasteiger partial charge in [-0.1, -0.05) is 5.04 Å². The van der Waals surface area contributed by atoms with Gasteiger partial charge in [-0.2, -0.15) is 5.11 Å². The van der Waals surface area contributed by atoms with Gasteiger partial charge in [0.15, 0.2) is 0 Å². The van der Waals surface area contributed by atoms with Crippen molar-refractivity contribution in [2.45, 2.75) is 25.7 Å². The molecular weight excluding hydrogens is 404 g/mol. The lowest BCUT2D eigenvalue weighted by molar-refractivity contribution is -0.432. The minimum absolute atomic E-state index is 0.179. The maximum absolute atomic E-state index is 11.5. The molecule has 0 atom stereocenters. The molecule has 0 aliphatic carbocycles. The Kier molecular flexibility index (Phi) is 7.01. The van der Waals surface area contributed by atoms with Crippen LogP contribution in [-0.2, 0) is 14.2 Å². The van der Waals surface area contributed by atoms with Crippen molar-refractivity contribution in [2.75, 3.05) is 17.7 Å². The second-order valence-electron chi connectivity index (χ2n) is 6.69. The van der Waals surface area contributed by atoms with E-state index in [0.717, 1.165) is 50.2 Å². The van der Waals surface area contributed by atoms with E-state index >= 15 is 0 Å². The Hall–Kier alpha value is -2.98. The molecule has 0 bridgehead atoms. The molecule has 3 aromatic carbocycles. The molecule has 0 aliphatic rings. The average Bonchev–Trinajstić information content (AvgIpc) is 2.71. The van der Waals surface area contributed by atoms with Crippen LogP contribution in [0.15, 0.2) is 57.6 Å². The number of rotatable bonds is 7. The number of nitrogens with zero attached hydrogens (tertiary/aromatic N) is 2. The molecule has 3 N–H and O–H groups in total. The number of anilines is 2. The van der Waals surface area contributed by atoms with Gasteiger partial charge in [-0.25, -0.2) is 5.26 Å². The molecule has 30 heavy (non-hydrogen) atoms. The van der Waals surface area contributed by atoms with Gasteiger partial charge < -0.3 is 10.6 Å². The average molecular weight is 426 g/mol. The van der Waals surface area contributed by atoms with E-state index < -0.39 is 0 Å². The number of hydrogen-bond donors (Lipinski definition) is 3. The summed E-state index contributed by atoms with van der Waals surface area (Å²) in [5, 5.41) is 28.7. The van der Waals surface area contributed by atoms with Gasteiger partial charge in [-0.3, -0.25) is 4.79 Å². The van der Waals surface area contributed by atoms with Crippen molar-refractivity contribution in [2.24, 2.45) is 10.2 Å².